The largest absolute Gasteiger partial charge is 0.399 e. The van der Waals surface area contributed by atoms with Gasteiger partial charge in [0.1, 0.15) is 5.82 Å². The maximum atomic E-state index is 13.3. The van der Waals surface area contributed by atoms with E-state index in [9.17, 15) is 4.39 Å². The highest BCUT2D eigenvalue weighted by Gasteiger charge is 2.02. The minimum Gasteiger partial charge on any atom is -0.399 e. The summed E-state index contributed by atoms with van der Waals surface area (Å²) in [6.07, 6.45) is 0. The molecule has 0 unspecified atom stereocenters. The van der Waals surface area contributed by atoms with Crippen LogP contribution in [0.15, 0.2) is 58.3 Å². The van der Waals surface area contributed by atoms with Crippen molar-refractivity contribution in [2.75, 3.05) is 5.73 Å². The molecule has 2 aromatic carbocycles. The molecule has 2 rings (SSSR count). The van der Waals surface area contributed by atoms with E-state index in [0.29, 0.717) is 10.6 Å². The van der Waals surface area contributed by atoms with Crippen molar-refractivity contribution in [3.63, 3.8) is 0 Å². The summed E-state index contributed by atoms with van der Waals surface area (Å²) < 4.78 is 13.3. The van der Waals surface area contributed by atoms with E-state index in [4.69, 9.17) is 5.73 Å². The monoisotopic (exact) mass is 219 g/mol. The highest BCUT2D eigenvalue weighted by Crippen LogP contribution is 2.29. The first-order valence-corrected chi connectivity index (χ1v) is 5.35. The van der Waals surface area contributed by atoms with Crippen molar-refractivity contribution in [2.45, 2.75) is 9.79 Å². The molecule has 0 bridgehead atoms. The Bertz CT molecular complexity index is 453. The van der Waals surface area contributed by atoms with E-state index in [0.717, 1.165) is 4.90 Å². The van der Waals surface area contributed by atoms with Crippen molar-refractivity contribution < 1.29 is 4.39 Å². The van der Waals surface area contributed by atoms with Crippen LogP contribution in [0.3, 0.4) is 0 Å². The zero-order chi connectivity index (χ0) is 10.7. The second-order valence-corrected chi connectivity index (χ2v) is 4.22. The maximum Gasteiger partial charge on any atom is 0.137 e. The van der Waals surface area contributed by atoms with Crippen molar-refractivity contribution in [2.24, 2.45) is 0 Å². The first-order valence-electron chi connectivity index (χ1n) is 4.53. The van der Waals surface area contributed by atoms with Gasteiger partial charge in [0.25, 0.3) is 0 Å². The Morgan fingerprint density at radius 2 is 1.60 bits per heavy atom. The molecule has 0 aliphatic rings. The molecule has 0 fully saturated rings. The third-order valence-corrected chi connectivity index (χ3v) is 3.00. The Balaban J connectivity index is 2.22. The fraction of sp³-hybridized carbons (Fsp3) is 0. The maximum absolute atomic E-state index is 13.3. The van der Waals surface area contributed by atoms with Gasteiger partial charge in [-0.25, -0.2) is 4.39 Å². The van der Waals surface area contributed by atoms with E-state index in [2.05, 4.69) is 0 Å². The number of anilines is 1. The molecule has 0 aliphatic heterocycles. The zero-order valence-electron chi connectivity index (χ0n) is 7.98. The smallest absolute Gasteiger partial charge is 0.137 e. The highest BCUT2D eigenvalue weighted by atomic mass is 32.2. The summed E-state index contributed by atoms with van der Waals surface area (Å²) >= 11 is 1.39. The molecule has 3 heteroatoms. The summed E-state index contributed by atoms with van der Waals surface area (Å²) in [5, 5.41) is 0. The summed E-state index contributed by atoms with van der Waals surface area (Å²) in [7, 11) is 0. The molecule has 15 heavy (non-hydrogen) atoms. The van der Waals surface area contributed by atoms with Gasteiger partial charge in [0, 0.05) is 15.5 Å². The van der Waals surface area contributed by atoms with E-state index < -0.39 is 0 Å². The standard InChI is InChI=1S/C12H10FNS/c13-11-3-1-2-4-12(11)15-10-7-5-9(14)6-8-10/h1-8H,14H2. The van der Waals surface area contributed by atoms with Gasteiger partial charge < -0.3 is 5.73 Å². The lowest BCUT2D eigenvalue weighted by Gasteiger charge is -2.02. The predicted octanol–water partition coefficient (Wildman–Crippen LogP) is 3.56. The molecular weight excluding hydrogens is 209 g/mol. The number of benzene rings is 2. The van der Waals surface area contributed by atoms with Crippen molar-refractivity contribution in [3.8, 4) is 0 Å². The van der Waals surface area contributed by atoms with Crippen molar-refractivity contribution in [3.05, 3.63) is 54.3 Å². The summed E-state index contributed by atoms with van der Waals surface area (Å²) in [6, 6.07) is 14.1. The van der Waals surface area contributed by atoms with Crippen molar-refractivity contribution in [1.82, 2.24) is 0 Å². The molecule has 0 heterocycles. The second-order valence-electron chi connectivity index (χ2n) is 3.10. The summed E-state index contributed by atoms with van der Waals surface area (Å²) in [6.45, 7) is 0. The minimum absolute atomic E-state index is 0.195. The van der Waals surface area contributed by atoms with Gasteiger partial charge in [-0.1, -0.05) is 23.9 Å². The van der Waals surface area contributed by atoms with Gasteiger partial charge in [0.2, 0.25) is 0 Å². The fourth-order valence-electron chi connectivity index (χ4n) is 1.19. The number of rotatable bonds is 2. The van der Waals surface area contributed by atoms with E-state index in [-0.39, 0.29) is 5.82 Å². The summed E-state index contributed by atoms with van der Waals surface area (Å²) in [5.74, 6) is -0.195. The molecule has 1 nitrogen and oxygen atoms in total. The Morgan fingerprint density at radius 3 is 2.27 bits per heavy atom. The summed E-state index contributed by atoms with van der Waals surface area (Å²) in [5.41, 5.74) is 6.28. The molecule has 0 amide bonds. The SMILES string of the molecule is Nc1ccc(Sc2ccccc2F)cc1. The number of hydrogen-bond donors (Lipinski definition) is 1. The van der Waals surface area contributed by atoms with Gasteiger partial charge in [0.15, 0.2) is 0 Å². The lowest BCUT2D eigenvalue weighted by atomic mass is 10.3. The van der Waals surface area contributed by atoms with Crippen LogP contribution in [0.5, 0.6) is 0 Å². The molecule has 0 aromatic heterocycles. The molecular formula is C12H10FNS. The Labute approximate surface area is 92.1 Å². The van der Waals surface area contributed by atoms with Crippen LogP contribution in [0.25, 0.3) is 0 Å². The lowest BCUT2D eigenvalue weighted by molar-refractivity contribution is 0.602. The van der Waals surface area contributed by atoms with Crippen LogP contribution >= 0.6 is 11.8 Å². The molecule has 0 saturated carbocycles. The summed E-state index contributed by atoms with van der Waals surface area (Å²) in [4.78, 5) is 1.61. The number of nitrogen functional groups attached to an aromatic ring is 1. The number of hydrogen-bond acceptors (Lipinski definition) is 2. The van der Waals surface area contributed by atoms with Gasteiger partial charge in [0.05, 0.1) is 0 Å². The first-order chi connectivity index (χ1) is 7.25. The Morgan fingerprint density at radius 1 is 0.933 bits per heavy atom. The van der Waals surface area contributed by atoms with Crippen molar-refractivity contribution >= 4 is 17.4 Å². The van der Waals surface area contributed by atoms with Gasteiger partial charge >= 0.3 is 0 Å². The van der Waals surface area contributed by atoms with Crippen LogP contribution in [0.4, 0.5) is 10.1 Å². The topological polar surface area (TPSA) is 26.0 Å². The van der Waals surface area contributed by atoms with Crippen LogP contribution < -0.4 is 5.73 Å². The quantitative estimate of drug-likeness (QED) is 0.781. The first kappa shape index (κ1) is 10.1. The highest BCUT2D eigenvalue weighted by molar-refractivity contribution is 7.99. The molecule has 0 saturated heterocycles. The van der Waals surface area contributed by atoms with Crippen LogP contribution in [0, 0.1) is 5.82 Å². The molecule has 0 aliphatic carbocycles. The van der Waals surface area contributed by atoms with Gasteiger partial charge in [-0.05, 0) is 36.4 Å². The Kier molecular flexibility index (Phi) is 2.92. The van der Waals surface area contributed by atoms with Crippen LogP contribution in [0.1, 0.15) is 0 Å². The van der Waals surface area contributed by atoms with Crippen LogP contribution in [-0.4, -0.2) is 0 Å². The normalized spacial score (nSPS) is 10.2. The van der Waals surface area contributed by atoms with Gasteiger partial charge in [-0.2, -0.15) is 0 Å². The fourth-order valence-corrected chi connectivity index (χ4v) is 2.03. The third-order valence-electron chi connectivity index (χ3n) is 1.94. The minimum atomic E-state index is -0.195. The van der Waals surface area contributed by atoms with E-state index >= 15 is 0 Å². The average Bonchev–Trinajstić information content (AvgIpc) is 2.25. The number of halogens is 1. The lowest BCUT2D eigenvalue weighted by Crippen LogP contribution is -1.83. The van der Waals surface area contributed by atoms with Crippen LogP contribution in [-0.2, 0) is 0 Å². The zero-order valence-corrected chi connectivity index (χ0v) is 8.80. The Hall–Kier alpha value is -1.48. The van der Waals surface area contributed by atoms with Gasteiger partial charge in [-0.3, -0.25) is 0 Å². The van der Waals surface area contributed by atoms with Crippen LogP contribution in [0.2, 0.25) is 0 Å². The average molecular weight is 219 g/mol. The molecule has 0 atom stereocenters. The predicted molar refractivity (Wildman–Crippen MR) is 61.4 cm³/mol. The third kappa shape index (κ3) is 2.50. The molecule has 0 radical (unpaired) electrons. The van der Waals surface area contributed by atoms with E-state index in [1.807, 2.05) is 30.3 Å². The van der Waals surface area contributed by atoms with E-state index in [1.165, 1.54) is 17.8 Å². The molecule has 2 N–H and O–H groups in total. The van der Waals surface area contributed by atoms with Crippen molar-refractivity contribution in [1.29, 1.82) is 0 Å². The van der Waals surface area contributed by atoms with Gasteiger partial charge in [-0.15, -0.1) is 0 Å². The number of nitrogens with two attached hydrogens (primary N) is 1. The van der Waals surface area contributed by atoms with E-state index in [1.54, 1.807) is 12.1 Å². The molecule has 0 spiro atoms. The molecule has 2 aromatic rings. The molecule has 76 valence electrons. The second kappa shape index (κ2) is 4.36.